The Morgan fingerprint density at radius 1 is 1.12 bits per heavy atom. The molecule has 0 aliphatic rings. The van der Waals surface area contributed by atoms with Gasteiger partial charge in [-0.15, -0.1) is 4.80 Å². The standard InChI is InChI=1S/C17H16FN5O2/c1-17(2,25-14-6-3-12(18)4-7-14)16(24)22-13-5-8-15(19-11-13)23-20-9-10-21-23/h3-11H,1-2H3,(H,22,24). The lowest BCUT2D eigenvalue weighted by molar-refractivity contribution is -0.128. The number of nitrogens with zero attached hydrogens (tertiary/aromatic N) is 4. The van der Waals surface area contributed by atoms with Crippen LogP contribution >= 0.6 is 0 Å². The van der Waals surface area contributed by atoms with Crippen LogP contribution in [0.3, 0.4) is 0 Å². The monoisotopic (exact) mass is 341 g/mol. The van der Waals surface area contributed by atoms with Crippen molar-refractivity contribution in [3.63, 3.8) is 0 Å². The molecular weight excluding hydrogens is 325 g/mol. The Balaban J connectivity index is 1.67. The van der Waals surface area contributed by atoms with Crippen molar-refractivity contribution < 1.29 is 13.9 Å². The predicted octanol–water partition coefficient (Wildman–Crippen LogP) is 2.60. The third kappa shape index (κ3) is 3.97. The van der Waals surface area contributed by atoms with E-state index in [2.05, 4.69) is 20.5 Å². The van der Waals surface area contributed by atoms with E-state index in [4.69, 9.17) is 4.74 Å². The van der Waals surface area contributed by atoms with Crippen molar-refractivity contribution in [3.8, 4) is 11.6 Å². The molecule has 128 valence electrons. The molecule has 1 aromatic carbocycles. The van der Waals surface area contributed by atoms with Gasteiger partial charge in [0.25, 0.3) is 5.91 Å². The minimum Gasteiger partial charge on any atom is -0.478 e. The minimum atomic E-state index is -1.15. The zero-order valence-corrected chi connectivity index (χ0v) is 13.7. The second-order valence-corrected chi connectivity index (χ2v) is 5.74. The topological polar surface area (TPSA) is 81.9 Å². The number of hydrogen-bond acceptors (Lipinski definition) is 5. The highest BCUT2D eigenvalue weighted by Gasteiger charge is 2.30. The molecular formula is C17H16FN5O2. The van der Waals surface area contributed by atoms with Gasteiger partial charge in [0.1, 0.15) is 11.6 Å². The van der Waals surface area contributed by atoms with E-state index < -0.39 is 5.60 Å². The summed E-state index contributed by atoms with van der Waals surface area (Å²) in [4.78, 5) is 18.0. The molecule has 2 heterocycles. The first-order valence-corrected chi connectivity index (χ1v) is 7.53. The number of carbonyl (C=O) groups excluding carboxylic acids is 1. The molecule has 1 amide bonds. The fourth-order valence-electron chi connectivity index (χ4n) is 2.04. The molecule has 0 unspecified atom stereocenters. The molecule has 0 saturated carbocycles. The zero-order chi connectivity index (χ0) is 17.9. The van der Waals surface area contributed by atoms with Crippen molar-refractivity contribution in [1.29, 1.82) is 0 Å². The molecule has 0 bridgehead atoms. The third-order valence-corrected chi connectivity index (χ3v) is 3.36. The van der Waals surface area contributed by atoms with Gasteiger partial charge in [-0.2, -0.15) is 10.2 Å². The smallest absolute Gasteiger partial charge is 0.268 e. The fourth-order valence-corrected chi connectivity index (χ4v) is 2.04. The molecule has 0 aliphatic heterocycles. The van der Waals surface area contributed by atoms with Gasteiger partial charge in [0, 0.05) is 0 Å². The van der Waals surface area contributed by atoms with Gasteiger partial charge in [-0.25, -0.2) is 9.37 Å². The van der Waals surface area contributed by atoms with Crippen LogP contribution in [0.25, 0.3) is 5.82 Å². The number of aromatic nitrogens is 4. The van der Waals surface area contributed by atoms with E-state index in [9.17, 15) is 9.18 Å². The summed E-state index contributed by atoms with van der Waals surface area (Å²) in [5.74, 6) is 0.209. The Kier molecular flexibility index (Phi) is 4.42. The van der Waals surface area contributed by atoms with Crippen molar-refractivity contribution in [2.45, 2.75) is 19.4 Å². The molecule has 2 aromatic heterocycles. The highest BCUT2D eigenvalue weighted by Crippen LogP contribution is 2.20. The third-order valence-electron chi connectivity index (χ3n) is 3.36. The number of anilines is 1. The number of carbonyl (C=O) groups is 1. The molecule has 8 heteroatoms. The van der Waals surface area contributed by atoms with Crippen LogP contribution in [0.1, 0.15) is 13.8 Å². The number of hydrogen-bond donors (Lipinski definition) is 1. The van der Waals surface area contributed by atoms with E-state index >= 15 is 0 Å². The van der Waals surface area contributed by atoms with Crippen molar-refractivity contribution in [3.05, 3.63) is 60.8 Å². The largest absolute Gasteiger partial charge is 0.478 e. The van der Waals surface area contributed by atoms with Gasteiger partial charge in [-0.1, -0.05) is 0 Å². The maximum Gasteiger partial charge on any atom is 0.268 e. The summed E-state index contributed by atoms with van der Waals surface area (Å²) < 4.78 is 18.6. The SMILES string of the molecule is CC(C)(Oc1ccc(F)cc1)C(=O)Nc1ccc(-n2nccn2)nc1. The minimum absolute atomic E-state index is 0.358. The van der Waals surface area contributed by atoms with Crippen molar-refractivity contribution in [2.24, 2.45) is 0 Å². The molecule has 0 atom stereocenters. The molecule has 1 N–H and O–H groups in total. The summed E-state index contributed by atoms with van der Waals surface area (Å²) in [6, 6.07) is 8.86. The zero-order valence-electron chi connectivity index (χ0n) is 13.7. The van der Waals surface area contributed by atoms with E-state index in [1.165, 1.54) is 35.3 Å². The molecule has 0 fully saturated rings. The average Bonchev–Trinajstić information content (AvgIpc) is 3.12. The normalized spacial score (nSPS) is 11.2. The van der Waals surface area contributed by atoms with Crippen molar-refractivity contribution in [2.75, 3.05) is 5.32 Å². The first-order chi connectivity index (χ1) is 11.9. The Labute approximate surface area is 143 Å². The van der Waals surface area contributed by atoms with E-state index in [0.29, 0.717) is 17.3 Å². The summed E-state index contributed by atoms with van der Waals surface area (Å²) in [7, 11) is 0. The van der Waals surface area contributed by atoms with Crippen molar-refractivity contribution >= 4 is 11.6 Å². The number of rotatable bonds is 5. The maximum absolute atomic E-state index is 12.9. The van der Waals surface area contributed by atoms with Gasteiger partial charge in [0.15, 0.2) is 11.4 Å². The van der Waals surface area contributed by atoms with E-state index in [0.717, 1.165) is 0 Å². The van der Waals surface area contributed by atoms with E-state index in [1.54, 1.807) is 38.4 Å². The Hall–Kier alpha value is -3.29. The number of ether oxygens (including phenoxy) is 1. The molecule has 3 rings (SSSR count). The summed E-state index contributed by atoms with van der Waals surface area (Å²) in [5, 5.41) is 10.7. The number of pyridine rings is 1. The van der Waals surface area contributed by atoms with Crippen LogP contribution < -0.4 is 10.1 Å². The van der Waals surface area contributed by atoms with E-state index in [1.807, 2.05) is 0 Å². The van der Waals surface area contributed by atoms with Gasteiger partial charge >= 0.3 is 0 Å². The van der Waals surface area contributed by atoms with Gasteiger partial charge in [-0.3, -0.25) is 4.79 Å². The van der Waals surface area contributed by atoms with Crippen LogP contribution in [0, 0.1) is 5.82 Å². The van der Waals surface area contributed by atoms with E-state index in [-0.39, 0.29) is 11.7 Å². The highest BCUT2D eigenvalue weighted by molar-refractivity contribution is 5.96. The molecule has 0 saturated heterocycles. The maximum atomic E-state index is 12.9. The number of halogens is 1. The Morgan fingerprint density at radius 2 is 1.80 bits per heavy atom. The number of nitrogens with one attached hydrogen (secondary N) is 1. The quantitative estimate of drug-likeness (QED) is 0.771. The van der Waals surface area contributed by atoms with Gasteiger partial charge in [0.2, 0.25) is 0 Å². The summed E-state index contributed by atoms with van der Waals surface area (Å²) in [6.07, 6.45) is 4.60. The molecule has 0 radical (unpaired) electrons. The van der Waals surface area contributed by atoms with Crippen LogP contribution in [0.5, 0.6) is 5.75 Å². The lowest BCUT2D eigenvalue weighted by Crippen LogP contribution is -2.42. The molecule has 0 spiro atoms. The van der Waals surface area contributed by atoms with Crippen LogP contribution in [0.4, 0.5) is 10.1 Å². The van der Waals surface area contributed by atoms with Crippen LogP contribution in [0.2, 0.25) is 0 Å². The van der Waals surface area contributed by atoms with Gasteiger partial charge in [0.05, 0.1) is 24.3 Å². The average molecular weight is 341 g/mol. The van der Waals surface area contributed by atoms with Crippen LogP contribution in [-0.2, 0) is 4.79 Å². The first kappa shape index (κ1) is 16.6. The van der Waals surface area contributed by atoms with Gasteiger partial charge < -0.3 is 10.1 Å². The second kappa shape index (κ2) is 6.68. The number of amides is 1. The second-order valence-electron chi connectivity index (χ2n) is 5.74. The Morgan fingerprint density at radius 3 is 2.40 bits per heavy atom. The van der Waals surface area contributed by atoms with Crippen molar-refractivity contribution in [1.82, 2.24) is 20.0 Å². The summed E-state index contributed by atoms with van der Waals surface area (Å²) in [5.41, 5.74) is -0.642. The molecule has 0 aliphatic carbocycles. The van der Waals surface area contributed by atoms with Crippen LogP contribution in [-0.4, -0.2) is 31.5 Å². The summed E-state index contributed by atoms with van der Waals surface area (Å²) >= 11 is 0. The fraction of sp³-hybridized carbons (Fsp3) is 0.176. The lowest BCUT2D eigenvalue weighted by atomic mass is 10.1. The Bertz CT molecular complexity index is 846. The highest BCUT2D eigenvalue weighted by atomic mass is 19.1. The predicted molar refractivity (Wildman–Crippen MR) is 88.9 cm³/mol. The van der Waals surface area contributed by atoms with Gasteiger partial charge in [-0.05, 0) is 50.2 Å². The molecule has 3 aromatic rings. The molecule has 7 nitrogen and oxygen atoms in total. The van der Waals surface area contributed by atoms with Crippen LogP contribution in [0.15, 0.2) is 55.0 Å². The number of benzene rings is 1. The lowest BCUT2D eigenvalue weighted by Gasteiger charge is -2.25. The first-order valence-electron chi connectivity index (χ1n) is 7.53. The summed E-state index contributed by atoms with van der Waals surface area (Å²) in [6.45, 7) is 3.25. The molecule has 25 heavy (non-hydrogen) atoms.